The second kappa shape index (κ2) is 12.0. The summed E-state index contributed by atoms with van der Waals surface area (Å²) in [5.41, 5.74) is 2.31. The summed E-state index contributed by atoms with van der Waals surface area (Å²) in [5, 5.41) is 25.0. The third kappa shape index (κ3) is 6.85. The van der Waals surface area contributed by atoms with E-state index in [9.17, 15) is 24.8 Å². The number of carbonyl (C=O) groups excluding carboxylic acids is 1. The number of hydrogen-bond donors (Lipinski definition) is 2. The van der Waals surface area contributed by atoms with E-state index in [0.717, 1.165) is 25.9 Å². The first-order chi connectivity index (χ1) is 18.5. The number of halogens is 1. The molecule has 3 atom stereocenters. The smallest absolute Gasteiger partial charge is 0.336 e. The first kappa shape index (κ1) is 28.3. The molecule has 10 heteroatoms. The molecule has 0 aromatic heterocycles. The van der Waals surface area contributed by atoms with Gasteiger partial charge in [0.15, 0.2) is 0 Å². The number of nitro benzene ring substituents is 1. The molecule has 2 N–H and O–H groups in total. The average molecular weight is 554 g/mol. The number of nitrogens with zero attached hydrogens (tertiary/aromatic N) is 2. The van der Waals surface area contributed by atoms with Gasteiger partial charge in [-0.3, -0.25) is 10.1 Å². The molecule has 1 aliphatic carbocycles. The maximum atomic E-state index is 13.3. The van der Waals surface area contributed by atoms with Crippen molar-refractivity contribution in [2.24, 2.45) is 11.8 Å². The van der Waals surface area contributed by atoms with Crippen LogP contribution >= 0.6 is 11.6 Å². The number of hydrogen-bond acceptors (Lipinski definition) is 7. The van der Waals surface area contributed by atoms with Gasteiger partial charge < -0.3 is 20.1 Å². The van der Waals surface area contributed by atoms with E-state index in [1.165, 1.54) is 23.8 Å². The maximum absolute atomic E-state index is 13.3. The van der Waals surface area contributed by atoms with Crippen LogP contribution in [0.3, 0.4) is 0 Å². The van der Waals surface area contributed by atoms with Gasteiger partial charge in [-0.2, -0.15) is 0 Å². The van der Waals surface area contributed by atoms with Gasteiger partial charge in [0.2, 0.25) is 0 Å². The lowest BCUT2D eigenvalue weighted by molar-refractivity contribution is -0.384. The number of nitrogens with one attached hydrogen (secondary N) is 1. The fourth-order valence-corrected chi connectivity index (χ4v) is 5.32. The highest BCUT2D eigenvalue weighted by Crippen LogP contribution is 2.43. The Hall–Kier alpha value is -3.69. The van der Waals surface area contributed by atoms with Gasteiger partial charge in [-0.05, 0) is 75.4 Å². The Morgan fingerprint density at radius 1 is 1.13 bits per heavy atom. The lowest BCUT2D eigenvalue weighted by atomic mass is 9.80. The Morgan fingerprint density at radius 2 is 1.82 bits per heavy atom. The predicted octanol–water partition coefficient (Wildman–Crippen LogP) is 5.27. The second-order valence-electron chi connectivity index (χ2n) is 10.3. The molecule has 206 valence electrons. The van der Waals surface area contributed by atoms with Gasteiger partial charge in [0.1, 0.15) is 0 Å². The normalized spacial score (nSPS) is 20.6. The topological polar surface area (TPSA) is 122 Å². The van der Waals surface area contributed by atoms with Gasteiger partial charge in [-0.1, -0.05) is 35.9 Å². The summed E-state index contributed by atoms with van der Waals surface area (Å²) in [6, 6.07) is 13.5. The van der Waals surface area contributed by atoms with Crippen LogP contribution in [0.5, 0.6) is 0 Å². The Kier molecular flexibility index (Phi) is 8.72. The zero-order valence-electron chi connectivity index (χ0n) is 22.1. The van der Waals surface area contributed by atoms with Crippen molar-refractivity contribution >= 4 is 29.2 Å². The zero-order chi connectivity index (χ0) is 28.3. The first-order valence-electron chi connectivity index (χ1n) is 12.8. The van der Waals surface area contributed by atoms with E-state index >= 15 is 0 Å². The van der Waals surface area contributed by atoms with Gasteiger partial charge >= 0.3 is 11.9 Å². The third-order valence-electron chi connectivity index (χ3n) is 7.37. The SMILES string of the molecule is CC1=C(C(=O)O)C(c2cccc([N+](=O)[O-])c2)C(C(=O)OCC2CC2CCN(C)Cc2ccc(Cl)cc2)=C(C)N1. The molecule has 39 heavy (non-hydrogen) atoms. The average Bonchev–Trinajstić information content (AvgIpc) is 3.65. The quantitative estimate of drug-likeness (QED) is 0.219. The minimum absolute atomic E-state index is 0.0407. The number of carboxylic acids is 1. The Balaban J connectivity index is 1.39. The molecular formula is C29H32ClN3O6. The summed E-state index contributed by atoms with van der Waals surface area (Å²) in [4.78, 5) is 38.6. The van der Waals surface area contributed by atoms with Crippen molar-refractivity contribution in [3.63, 3.8) is 0 Å². The molecule has 0 radical (unpaired) electrons. The van der Waals surface area contributed by atoms with Crippen molar-refractivity contribution < 1.29 is 24.4 Å². The van der Waals surface area contributed by atoms with Crippen molar-refractivity contribution in [3.05, 3.63) is 97.3 Å². The standard InChI is InChI=1S/C29H32ClN3O6/c1-17-25(28(34)35)27(21-5-4-6-24(14-21)33(37)38)26(18(2)31-17)29(36)39-16-22-13-20(22)11-12-32(3)15-19-7-9-23(30)10-8-19/h4-10,14,20,22,27,31H,11-13,15-16H2,1-3H3,(H,34,35). The van der Waals surface area contributed by atoms with E-state index in [1.54, 1.807) is 19.9 Å². The minimum atomic E-state index is -1.21. The summed E-state index contributed by atoms with van der Waals surface area (Å²) in [7, 11) is 2.07. The van der Waals surface area contributed by atoms with Gasteiger partial charge in [-0.15, -0.1) is 0 Å². The molecular weight excluding hydrogens is 522 g/mol. The molecule has 3 unspecified atom stereocenters. The number of allylic oxidation sites excluding steroid dienone is 2. The molecule has 1 saturated carbocycles. The van der Waals surface area contributed by atoms with Crippen LogP contribution in [0.1, 0.15) is 43.7 Å². The molecule has 1 aliphatic heterocycles. The molecule has 0 spiro atoms. The van der Waals surface area contributed by atoms with E-state index in [-0.39, 0.29) is 29.4 Å². The van der Waals surface area contributed by atoms with Crippen LogP contribution in [0.4, 0.5) is 5.69 Å². The number of carboxylic acid groups (broad SMARTS) is 1. The maximum Gasteiger partial charge on any atom is 0.336 e. The molecule has 0 amide bonds. The summed E-state index contributed by atoms with van der Waals surface area (Å²) >= 11 is 5.96. The van der Waals surface area contributed by atoms with Gasteiger partial charge in [0, 0.05) is 35.1 Å². The first-order valence-corrected chi connectivity index (χ1v) is 13.2. The van der Waals surface area contributed by atoms with Crippen LogP contribution in [0.2, 0.25) is 5.02 Å². The monoisotopic (exact) mass is 553 g/mol. The van der Waals surface area contributed by atoms with Crippen molar-refractivity contribution in [2.45, 2.75) is 39.2 Å². The number of esters is 1. The van der Waals surface area contributed by atoms with Gasteiger partial charge in [0.05, 0.1) is 28.6 Å². The van der Waals surface area contributed by atoms with Crippen LogP contribution in [-0.2, 0) is 20.9 Å². The van der Waals surface area contributed by atoms with Crippen LogP contribution in [0, 0.1) is 22.0 Å². The Labute approximate surface area is 232 Å². The number of rotatable bonds is 11. The molecule has 0 bridgehead atoms. The molecule has 2 aromatic rings. The molecule has 9 nitrogen and oxygen atoms in total. The molecule has 4 rings (SSSR count). The Morgan fingerprint density at radius 3 is 2.49 bits per heavy atom. The van der Waals surface area contributed by atoms with Crippen molar-refractivity contribution in [2.75, 3.05) is 20.2 Å². The number of benzene rings is 2. The highest BCUT2D eigenvalue weighted by atomic mass is 35.5. The molecule has 2 aliphatic rings. The lowest BCUT2D eigenvalue weighted by Crippen LogP contribution is -2.32. The number of nitro groups is 1. The predicted molar refractivity (Wildman–Crippen MR) is 147 cm³/mol. The largest absolute Gasteiger partial charge is 0.478 e. The van der Waals surface area contributed by atoms with Crippen LogP contribution in [-0.4, -0.2) is 47.1 Å². The minimum Gasteiger partial charge on any atom is -0.478 e. The highest BCUT2D eigenvalue weighted by Gasteiger charge is 2.40. The zero-order valence-corrected chi connectivity index (χ0v) is 22.9. The molecule has 1 fully saturated rings. The van der Waals surface area contributed by atoms with Crippen LogP contribution < -0.4 is 5.32 Å². The lowest BCUT2D eigenvalue weighted by Gasteiger charge is -2.29. The second-order valence-corrected chi connectivity index (χ2v) is 10.7. The molecule has 0 saturated heterocycles. The fourth-order valence-electron chi connectivity index (χ4n) is 5.19. The summed E-state index contributed by atoms with van der Waals surface area (Å²) < 4.78 is 5.70. The van der Waals surface area contributed by atoms with Crippen molar-refractivity contribution in [3.8, 4) is 0 Å². The third-order valence-corrected chi connectivity index (χ3v) is 7.62. The Bertz CT molecular complexity index is 1340. The van der Waals surface area contributed by atoms with Crippen LogP contribution in [0.25, 0.3) is 0 Å². The van der Waals surface area contributed by atoms with Gasteiger partial charge in [0.25, 0.3) is 5.69 Å². The fraction of sp³-hybridized carbons (Fsp3) is 0.379. The van der Waals surface area contributed by atoms with Crippen molar-refractivity contribution in [1.29, 1.82) is 0 Å². The van der Waals surface area contributed by atoms with E-state index in [0.29, 0.717) is 27.9 Å². The summed E-state index contributed by atoms with van der Waals surface area (Å²) in [5.74, 6) is -2.11. The molecule has 2 aromatic carbocycles. The summed E-state index contributed by atoms with van der Waals surface area (Å²) in [6.07, 6.45) is 1.95. The number of dihydropyridines is 1. The highest BCUT2D eigenvalue weighted by molar-refractivity contribution is 6.30. The van der Waals surface area contributed by atoms with Gasteiger partial charge in [-0.25, -0.2) is 9.59 Å². The van der Waals surface area contributed by atoms with Crippen molar-refractivity contribution in [1.82, 2.24) is 10.2 Å². The number of carbonyl (C=O) groups is 2. The van der Waals surface area contributed by atoms with E-state index in [1.807, 2.05) is 24.3 Å². The molecule has 1 heterocycles. The van der Waals surface area contributed by atoms with Crippen LogP contribution in [0.15, 0.2) is 71.1 Å². The number of ether oxygens (including phenoxy) is 1. The summed E-state index contributed by atoms with van der Waals surface area (Å²) in [6.45, 7) is 5.26. The number of non-ortho nitro benzene ring substituents is 1. The van der Waals surface area contributed by atoms with E-state index < -0.39 is 22.8 Å². The number of aliphatic carboxylic acids is 1. The van der Waals surface area contributed by atoms with E-state index in [2.05, 4.69) is 17.3 Å². The van der Waals surface area contributed by atoms with E-state index in [4.69, 9.17) is 16.3 Å².